The smallest absolute Gasteiger partial charge is 0.677 e. The van der Waals surface area contributed by atoms with Crippen molar-refractivity contribution in [1.82, 2.24) is 0 Å². The number of allylic oxidation sites excluding steroid dienone is 4. The van der Waals surface area contributed by atoms with Crippen LogP contribution in [0.2, 0.25) is 0 Å². The van der Waals surface area contributed by atoms with E-state index in [4.69, 9.17) is 17.2 Å². The number of nitrogens with one attached hydrogen (secondary N) is 3. The molecule has 3 N–H and O–H groups in total. The first-order chi connectivity index (χ1) is 10.1. The molecule has 0 spiro atoms. The Morgan fingerprint density at radius 2 is 1.32 bits per heavy atom. The van der Waals surface area contributed by atoms with Gasteiger partial charge in [-0.05, 0) is 0 Å². The van der Waals surface area contributed by atoms with Gasteiger partial charge in [0.2, 0.25) is 0 Å². The van der Waals surface area contributed by atoms with Gasteiger partial charge in [-0.1, -0.05) is 66.2 Å². The molecule has 0 aliphatic heterocycles. The zero-order valence-corrected chi connectivity index (χ0v) is 19.0. The molecule has 0 fully saturated rings. The van der Waals surface area contributed by atoms with E-state index in [-0.39, 0.29) is 25.8 Å². The second kappa shape index (κ2) is 29.3. The summed E-state index contributed by atoms with van der Waals surface area (Å²) in [6.07, 6.45) is 12.9. The van der Waals surface area contributed by atoms with Crippen LogP contribution in [0.5, 0.6) is 0 Å². The first kappa shape index (κ1) is 30.1. The molecule has 0 aromatic heterocycles. The summed E-state index contributed by atoms with van der Waals surface area (Å²) in [5, 5.41) is 0. The fourth-order valence-electron chi connectivity index (χ4n) is 0.980. The SMILES string of the molecule is CCC(C)C1=[C-]CC=C1.CCC[NH-].CCC[NH-].CCC[NH-].[Hf+4]. The van der Waals surface area contributed by atoms with Gasteiger partial charge in [-0.15, -0.1) is 6.42 Å². The molecule has 0 bridgehead atoms. The second-order valence-electron chi connectivity index (χ2n) is 4.80. The van der Waals surface area contributed by atoms with Crippen molar-refractivity contribution in [3.63, 3.8) is 0 Å². The van der Waals surface area contributed by atoms with Crippen LogP contribution in [0.15, 0.2) is 17.7 Å². The molecule has 1 unspecified atom stereocenters. The third-order valence-corrected chi connectivity index (χ3v) is 2.61. The average Bonchev–Trinajstić information content (AvgIpc) is 3.09. The van der Waals surface area contributed by atoms with Crippen molar-refractivity contribution in [2.45, 2.75) is 66.7 Å². The molecule has 0 saturated carbocycles. The predicted octanol–water partition coefficient (Wildman–Crippen LogP) is 7.07. The van der Waals surface area contributed by atoms with Crippen molar-refractivity contribution >= 4 is 0 Å². The summed E-state index contributed by atoms with van der Waals surface area (Å²) in [5.41, 5.74) is 20.8. The molecule has 128 valence electrons. The molecule has 0 amide bonds. The molecule has 0 saturated heterocycles. The van der Waals surface area contributed by atoms with E-state index in [1.807, 2.05) is 20.8 Å². The van der Waals surface area contributed by atoms with Gasteiger partial charge in [-0.3, -0.25) is 6.08 Å². The maximum Gasteiger partial charge on any atom is 4.00 e. The fraction of sp³-hybridized carbons (Fsp3) is 0.778. The van der Waals surface area contributed by atoms with Gasteiger partial charge in [-0.25, -0.2) is 11.6 Å². The Morgan fingerprint density at radius 1 is 0.955 bits per heavy atom. The van der Waals surface area contributed by atoms with E-state index in [0.29, 0.717) is 25.6 Å². The molecule has 0 aromatic carbocycles. The van der Waals surface area contributed by atoms with Crippen molar-refractivity contribution in [1.29, 1.82) is 0 Å². The van der Waals surface area contributed by atoms with E-state index in [1.165, 1.54) is 12.0 Å². The van der Waals surface area contributed by atoms with Crippen molar-refractivity contribution in [3.8, 4) is 0 Å². The fourth-order valence-corrected chi connectivity index (χ4v) is 0.980. The van der Waals surface area contributed by atoms with Gasteiger partial charge in [0.15, 0.2) is 0 Å². The Hall–Kier alpha value is 0.230. The molecule has 22 heavy (non-hydrogen) atoms. The van der Waals surface area contributed by atoms with Gasteiger partial charge in [0.1, 0.15) is 0 Å². The van der Waals surface area contributed by atoms with E-state index in [9.17, 15) is 0 Å². The number of hydrogen-bond donors (Lipinski definition) is 0. The van der Waals surface area contributed by atoms with Crippen molar-refractivity contribution in [2.24, 2.45) is 5.92 Å². The molecule has 1 aliphatic carbocycles. The van der Waals surface area contributed by atoms with Crippen LogP contribution >= 0.6 is 0 Å². The Kier molecular flexibility index (Phi) is 40.1. The molecular formula is C18H37HfN3. The van der Waals surface area contributed by atoms with Crippen LogP contribution in [0.1, 0.15) is 66.7 Å². The van der Waals surface area contributed by atoms with E-state index in [2.05, 4.69) is 32.1 Å². The predicted molar refractivity (Wildman–Crippen MR) is 98.4 cm³/mol. The minimum Gasteiger partial charge on any atom is -0.677 e. The standard InChI is InChI=1S/C9H13.3C3H8N.Hf/c1-3-8(2)9-6-4-5-7-9;3*1-2-3-4;/h4,6,8H,3,5H2,1-2H3;3*4H,2-3H2,1H3;/q4*-1;+4. The Bertz CT molecular complexity index is 213. The van der Waals surface area contributed by atoms with Crippen molar-refractivity contribution < 1.29 is 25.8 Å². The maximum atomic E-state index is 6.45. The molecule has 0 aromatic rings. The normalized spacial score (nSPS) is 12.3. The first-order valence-corrected chi connectivity index (χ1v) is 8.30. The van der Waals surface area contributed by atoms with Crippen LogP contribution < -0.4 is 0 Å². The van der Waals surface area contributed by atoms with E-state index in [0.717, 1.165) is 25.7 Å². The first-order valence-electron chi connectivity index (χ1n) is 8.30. The summed E-state index contributed by atoms with van der Waals surface area (Å²) in [4.78, 5) is 0. The van der Waals surface area contributed by atoms with Crippen molar-refractivity contribution in [3.05, 3.63) is 41.0 Å². The largest absolute Gasteiger partial charge is 4.00 e. The van der Waals surface area contributed by atoms with Gasteiger partial charge < -0.3 is 17.2 Å². The van der Waals surface area contributed by atoms with Crippen LogP contribution in [0.25, 0.3) is 17.2 Å². The minimum atomic E-state index is 0. The molecule has 1 aliphatic rings. The Morgan fingerprint density at radius 3 is 1.50 bits per heavy atom. The molecule has 0 heterocycles. The van der Waals surface area contributed by atoms with Gasteiger partial charge in [-0.2, -0.15) is 25.7 Å². The van der Waals surface area contributed by atoms with Crippen LogP contribution in [0.4, 0.5) is 0 Å². The van der Waals surface area contributed by atoms with E-state index < -0.39 is 0 Å². The third-order valence-electron chi connectivity index (χ3n) is 2.61. The number of hydrogen-bond acceptors (Lipinski definition) is 0. The molecule has 3 nitrogen and oxygen atoms in total. The maximum absolute atomic E-state index is 6.45. The summed E-state index contributed by atoms with van der Waals surface area (Å²) in [6, 6.07) is 0. The topological polar surface area (TPSA) is 71.4 Å². The summed E-state index contributed by atoms with van der Waals surface area (Å²) in [6.45, 7) is 12.1. The van der Waals surface area contributed by atoms with Gasteiger partial charge in [0, 0.05) is 0 Å². The summed E-state index contributed by atoms with van der Waals surface area (Å²) in [7, 11) is 0. The van der Waals surface area contributed by atoms with E-state index in [1.54, 1.807) is 0 Å². The van der Waals surface area contributed by atoms with Gasteiger partial charge in [0.25, 0.3) is 0 Å². The minimum absolute atomic E-state index is 0. The molecule has 0 radical (unpaired) electrons. The van der Waals surface area contributed by atoms with Crippen LogP contribution in [0, 0.1) is 12.0 Å². The second-order valence-corrected chi connectivity index (χ2v) is 4.80. The Balaban J connectivity index is -0.000000107. The zero-order chi connectivity index (χ0) is 16.9. The summed E-state index contributed by atoms with van der Waals surface area (Å²) < 4.78 is 0. The third kappa shape index (κ3) is 28.4. The van der Waals surface area contributed by atoms with Gasteiger partial charge in [0.05, 0.1) is 0 Å². The zero-order valence-electron chi connectivity index (χ0n) is 15.4. The van der Waals surface area contributed by atoms with Crippen LogP contribution in [-0.4, -0.2) is 19.6 Å². The van der Waals surface area contributed by atoms with E-state index >= 15 is 0 Å². The summed E-state index contributed by atoms with van der Waals surface area (Å²) in [5.74, 6) is 0.712. The van der Waals surface area contributed by atoms with Crippen LogP contribution in [-0.2, 0) is 25.8 Å². The average molecular weight is 474 g/mol. The summed E-state index contributed by atoms with van der Waals surface area (Å²) >= 11 is 0. The monoisotopic (exact) mass is 475 g/mol. The van der Waals surface area contributed by atoms with Gasteiger partial charge >= 0.3 is 25.8 Å². The number of rotatable bonds is 5. The quantitative estimate of drug-likeness (QED) is 0.302. The molecular weight excluding hydrogens is 437 g/mol. The molecule has 4 heteroatoms. The molecule has 1 rings (SSSR count). The Labute approximate surface area is 159 Å². The van der Waals surface area contributed by atoms with Crippen LogP contribution in [0.3, 0.4) is 0 Å². The molecule has 1 atom stereocenters. The van der Waals surface area contributed by atoms with Crippen molar-refractivity contribution in [2.75, 3.05) is 19.6 Å².